The molecule has 1 aliphatic heterocycles. The van der Waals surface area contributed by atoms with E-state index in [0.717, 1.165) is 29.1 Å². The first kappa shape index (κ1) is 18.4. The SMILES string of the molecule is Cc1ccc(C)c(OCCC(=O)N(C)C[C@H]2OCC[C@H]2c2ncn[nH]2)c1. The summed E-state index contributed by atoms with van der Waals surface area (Å²) in [6.07, 6.45) is 2.67. The standard InChI is InChI=1S/C19H26N4O3/c1-13-4-5-14(2)16(10-13)25-9-7-18(24)23(3)11-17-15(6-8-26-17)19-20-12-21-22-19/h4-5,10,12,15,17H,6-9,11H2,1-3H3,(H,20,21,22)/t15-,17-/m1/s1. The van der Waals surface area contributed by atoms with E-state index in [-0.39, 0.29) is 17.9 Å². The van der Waals surface area contributed by atoms with Gasteiger partial charge in [0, 0.05) is 26.1 Å². The lowest BCUT2D eigenvalue weighted by molar-refractivity contribution is -0.131. The van der Waals surface area contributed by atoms with E-state index in [2.05, 4.69) is 15.2 Å². The van der Waals surface area contributed by atoms with Crippen LogP contribution < -0.4 is 4.74 Å². The van der Waals surface area contributed by atoms with E-state index in [4.69, 9.17) is 9.47 Å². The van der Waals surface area contributed by atoms with E-state index in [0.29, 0.717) is 26.2 Å². The van der Waals surface area contributed by atoms with Gasteiger partial charge in [-0.25, -0.2) is 4.98 Å². The number of rotatable bonds is 7. The van der Waals surface area contributed by atoms with Crippen LogP contribution in [0.15, 0.2) is 24.5 Å². The Morgan fingerprint density at radius 2 is 2.27 bits per heavy atom. The van der Waals surface area contributed by atoms with Crippen LogP contribution in [0.4, 0.5) is 0 Å². The number of nitrogens with zero attached hydrogens (tertiary/aromatic N) is 3. The molecule has 7 heteroatoms. The summed E-state index contributed by atoms with van der Waals surface area (Å²) < 4.78 is 11.6. The highest BCUT2D eigenvalue weighted by molar-refractivity contribution is 5.76. The van der Waals surface area contributed by atoms with Crippen molar-refractivity contribution in [2.75, 3.05) is 26.8 Å². The molecule has 3 rings (SSSR count). The minimum Gasteiger partial charge on any atom is -0.493 e. The first-order chi connectivity index (χ1) is 12.5. The number of aromatic nitrogens is 3. The molecule has 1 aromatic carbocycles. The van der Waals surface area contributed by atoms with Gasteiger partial charge in [-0.2, -0.15) is 5.10 Å². The van der Waals surface area contributed by atoms with Crippen molar-refractivity contribution in [3.8, 4) is 5.75 Å². The largest absolute Gasteiger partial charge is 0.493 e. The van der Waals surface area contributed by atoms with Gasteiger partial charge in [0.25, 0.3) is 0 Å². The Balaban J connectivity index is 1.48. The van der Waals surface area contributed by atoms with Crippen molar-refractivity contribution >= 4 is 5.91 Å². The van der Waals surface area contributed by atoms with Crippen molar-refractivity contribution in [2.45, 2.75) is 38.7 Å². The van der Waals surface area contributed by atoms with Gasteiger partial charge in [-0.1, -0.05) is 12.1 Å². The van der Waals surface area contributed by atoms with Gasteiger partial charge in [-0.15, -0.1) is 0 Å². The van der Waals surface area contributed by atoms with Crippen LogP contribution in [0.1, 0.15) is 35.7 Å². The minimum absolute atomic E-state index is 0.0436. The maximum absolute atomic E-state index is 12.4. The number of nitrogens with one attached hydrogen (secondary N) is 1. The lowest BCUT2D eigenvalue weighted by Gasteiger charge is -2.24. The van der Waals surface area contributed by atoms with E-state index in [1.54, 1.807) is 11.9 Å². The number of ether oxygens (including phenoxy) is 2. The average molecular weight is 358 g/mol. The monoisotopic (exact) mass is 358 g/mol. The fourth-order valence-corrected chi connectivity index (χ4v) is 3.21. The number of H-pyrrole nitrogens is 1. The molecule has 140 valence electrons. The zero-order valence-electron chi connectivity index (χ0n) is 15.6. The zero-order valence-corrected chi connectivity index (χ0v) is 15.6. The lowest BCUT2D eigenvalue weighted by atomic mass is 10.0. The molecule has 0 aliphatic carbocycles. The number of aryl methyl sites for hydroxylation is 2. The van der Waals surface area contributed by atoms with Crippen molar-refractivity contribution in [3.05, 3.63) is 41.5 Å². The van der Waals surface area contributed by atoms with Gasteiger partial charge in [0.1, 0.15) is 17.9 Å². The molecular formula is C19H26N4O3. The Kier molecular flexibility index (Phi) is 5.88. The summed E-state index contributed by atoms with van der Waals surface area (Å²) in [5, 5.41) is 6.82. The molecule has 26 heavy (non-hydrogen) atoms. The van der Waals surface area contributed by atoms with E-state index in [9.17, 15) is 4.79 Å². The van der Waals surface area contributed by atoms with Crippen LogP contribution in [-0.2, 0) is 9.53 Å². The number of aromatic amines is 1. The molecule has 0 radical (unpaired) electrons. The van der Waals surface area contributed by atoms with Crippen LogP contribution in [-0.4, -0.2) is 58.9 Å². The molecule has 2 aromatic rings. The van der Waals surface area contributed by atoms with Crippen LogP contribution >= 0.6 is 0 Å². The first-order valence-electron chi connectivity index (χ1n) is 8.95. The minimum atomic E-state index is -0.0585. The second-order valence-electron chi connectivity index (χ2n) is 6.82. The predicted molar refractivity (Wildman–Crippen MR) is 97.1 cm³/mol. The Morgan fingerprint density at radius 1 is 1.42 bits per heavy atom. The van der Waals surface area contributed by atoms with Crippen molar-refractivity contribution in [3.63, 3.8) is 0 Å². The molecule has 0 bridgehead atoms. The average Bonchev–Trinajstić information content (AvgIpc) is 3.29. The highest BCUT2D eigenvalue weighted by Crippen LogP contribution is 2.29. The molecule has 0 unspecified atom stereocenters. The molecular weight excluding hydrogens is 332 g/mol. The number of likely N-dealkylation sites (N-methyl/N-ethyl adjacent to an activating group) is 1. The smallest absolute Gasteiger partial charge is 0.225 e. The van der Waals surface area contributed by atoms with Gasteiger partial charge in [0.05, 0.1) is 19.1 Å². The Hall–Kier alpha value is -2.41. The van der Waals surface area contributed by atoms with Gasteiger partial charge in [0.15, 0.2) is 0 Å². The van der Waals surface area contributed by atoms with E-state index in [1.165, 1.54) is 6.33 Å². The molecule has 1 saturated heterocycles. The van der Waals surface area contributed by atoms with Crippen LogP contribution in [0.25, 0.3) is 0 Å². The number of hydrogen-bond donors (Lipinski definition) is 1. The third kappa shape index (κ3) is 4.40. The quantitative estimate of drug-likeness (QED) is 0.821. The normalized spacial score (nSPS) is 19.5. The summed E-state index contributed by atoms with van der Waals surface area (Å²) >= 11 is 0. The summed E-state index contributed by atoms with van der Waals surface area (Å²) in [6, 6.07) is 6.07. The van der Waals surface area contributed by atoms with Crippen molar-refractivity contribution in [1.29, 1.82) is 0 Å². The van der Waals surface area contributed by atoms with Gasteiger partial charge >= 0.3 is 0 Å². The zero-order chi connectivity index (χ0) is 18.5. The second-order valence-corrected chi connectivity index (χ2v) is 6.82. The van der Waals surface area contributed by atoms with Gasteiger partial charge < -0.3 is 14.4 Å². The third-order valence-corrected chi connectivity index (χ3v) is 4.79. The molecule has 1 fully saturated rings. The number of hydrogen-bond acceptors (Lipinski definition) is 5. The molecule has 1 amide bonds. The second kappa shape index (κ2) is 8.31. The number of carbonyl (C=O) groups is 1. The van der Waals surface area contributed by atoms with Gasteiger partial charge in [-0.3, -0.25) is 9.89 Å². The summed E-state index contributed by atoms with van der Waals surface area (Å²) in [6.45, 7) is 5.60. The van der Waals surface area contributed by atoms with Crippen molar-refractivity contribution in [2.24, 2.45) is 0 Å². The van der Waals surface area contributed by atoms with Crippen LogP contribution in [0.2, 0.25) is 0 Å². The molecule has 7 nitrogen and oxygen atoms in total. The number of carbonyl (C=O) groups excluding carboxylic acids is 1. The van der Waals surface area contributed by atoms with Crippen LogP contribution in [0, 0.1) is 13.8 Å². The number of benzene rings is 1. The van der Waals surface area contributed by atoms with Crippen LogP contribution in [0.5, 0.6) is 5.75 Å². The fourth-order valence-electron chi connectivity index (χ4n) is 3.21. The summed E-state index contributed by atoms with van der Waals surface area (Å²) in [4.78, 5) is 18.4. The topological polar surface area (TPSA) is 80.3 Å². The molecule has 1 aromatic heterocycles. The summed E-state index contributed by atoms with van der Waals surface area (Å²) in [5.74, 6) is 1.86. The Bertz CT molecular complexity index is 732. The summed E-state index contributed by atoms with van der Waals surface area (Å²) in [7, 11) is 1.80. The Morgan fingerprint density at radius 3 is 3.04 bits per heavy atom. The van der Waals surface area contributed by atoms with E-state index < -0.39 is 0 Å². The third-order valence-electron chi connectivity index (χ3n) is 4.79. The summed E-state index contributed by atoms with van der Waals surface area (Å²) in [5.41, 5.74) is 2.22. The fraction of sp³-hybridized carbons (Fsp3) is 0.526. The highest BCUT2D eigenvalue weighted by Gasteiger charge is 2.33. The first-order valence-corrected chi connectivity index (χ1v) is 8.95. The lowest BCUT2D eigenvalue weighted by Crippen LogP contribution is -2.37. The maximum Gasteiger partial charge on any atom is 0.225 e. The van der Waals surface area contributed by atoms with E-state index >= 15 is 0 Å². The highest BCUT2D eigenvalue weighted by atomic mass is 16.5. The van der Waals surface area contributed by atoms with E-state index in [1.807, 2.05) is 32.0 Å². The van der Waals surface area contributed by atoms with Gasteiger partial charge in [0.2, 0.25) is 5.91 Å². The molecule has 1 aliphatic rings. The molecule has 2 heterocycles. The Labute approximate surface area is 153 Å². The molecule has 0 spiro atoms. The van der Waals surface area contributed by atoms with Crippen LogP contribution in [0.3, 0.4) is 0 Å². The maximum atomic E-state index is 12.4. The van der Waals surface area contributed by atoms with Crippen molar-refractivity contribution < 1.29 is 14.3 Å². The molecule has 0 saturated carbocycles. The molecule has 1 N–H and O–H groups in total. The molecule has 2 atom stereocenters. The number of amides is 1. The van der Waals surface area contributed by atoms with Crippen molar-refractivity contribution in [1.82, 2.24) is 20.1 Å². The predicted octanol–water partition coefficient (Wildman–Crippen LogP) is 2.22. The van der Waals surface area contributed by atoms with Gasteiger partial charge in [-0.05, 0) is 37.5 Å².